The average Bonchev–Trinajstić information content (AvgIpc) is 3.09. The third kappa shape index (κ3) is 3.04. The number of ether oxygens (including phenoxy) is 1. The SMILES string of the molecule is COCCn1/c(=N/C(=O)c2ccc(C)s2)sc2ccccc21. The highest BCUT2D eigenvalue weighted by Crippen LogP contribution is 2.18. The van der Waals surface area contributed by atoms with Gasteiger partial charge in [-0.15, -0.1) is 11.3 Å². The van der Waals surface area contributed by atoms with Gasteiger partial charge in [-0.1, -0.05) is 23.5 Å². The minimum Gasteiger partial charge on any atom is -0.383 e. The maximum Gasteiger partial charge on any atom is 0.289 e. The number of hydrogen-bond acceptors (Lipinski definition) is 4. The van der Waals surface area contributed by atoms with Crippen LogP contribution in [0.4, 0.5) is 0 Å². The van der Waals surface area contributed by atoms with Crippen molar-refractivity contribution in [1.82, 2.24) is 4.57 Å². The molecule has 0 aliphatic carbocycles. The highest BCUT2D eigenvalue weighted by atomic mass is 32.1. The van der Waals surface area contributed by atoms with Crippen LogP contribution in [0.5, 0.6) is 0 Å². The van der Waals surface area contributed by atoms with Crippen LogP contribution in [0.2, 0.25) is 0 Å². The van der Waals surface area contributed by atoms with E-state index in [9.17, 15) is 4.79 Å². The second-order valence-electron chi connectivity index (χ2n) is 4.82. The first-order chi connectivity index (χ1) is 10.7. The lowest BCUT2D eigenvalue weighted by Gasteiger charge is -2.03. The van der Waals surface area contributed by atoms with Gasteiger partial charge in [0.25, 0.3) is 5.91 Å². The van der Waals surface area contributed by atoms with Crippen LogP contribution in [-0.4, -0.2) is 24.2 Å². The number of hydrogen-bond donors (Lipinski definition) is 0. The fourth-order valence-corrected chi connectivity index (χ4v) is 4.00. The number of para-hydroxylation sites is 1. The summed E-state index contributed by atoms with van der Waals surface area (Å²) in [5.41, 5.74) is 1.08. The molecule has 2 aromatic heterocycles. The average molecular weight is 332 g/mol. The number of methoxy groups -OCH3 is 1. The molecule has 4 nitrogen and oxygen atoms in total. The zero-order chi connectivity index (χ0) is 15.5. The van der Waals surface area contributed by atoms with Gasteiger partial charge in [0.15, 0.2) is 4.80 Å². The van der Waals surface area contributed by atoms with E-state index in [4.69, 9.17) is 4.74 Å². The Morgan fingerprint density at radius 2 is 2.05 bits per heavy atom. The van der Waals surface area contributed by atoms with E-state index in [-0.39, 0.29) is 5.91 Å². The van der Waals surface area contributed by atoms with Crippen LogP contribution < -0.4 is 4.80 Å². The quantitative estimate of drug-likeness (QED) is 0.734. The molecule has 0 saturated heterocycles. The fourth-order valence-electron chi connectivity index (χ4n) is 2.20. The van der Waals surface area contributed by atoms with Gasteiger partial charge in [0.1, 0.15) is 0 Å². The largest absolute Gasteiger partial charge is 0.383 e. The maximum atomic E-state index is 12.3. The Labute approximate surface area is 136 Å². The molecule has 0 spiro atoms. The summed E-state index contributed by atoms with van der Waals surface area (Å²) in [5, 5.41) is 0. The molecule has 0 fully saturated rings. The molecule has 0 atom stereocenters. The van der Waals surface area contributed by atoms with Gasteiger partial charge in [-0.3, -0.25) is 4.79 Å². The summed E-state index contributed by atoms with van der Waals surface area (Å²) in [6.45, 7) is 3.25. The van der Waals surface area contributed by atoms with Crippen LogP contribution in [0.1, 0.15) is 14.5 Å². The van der Waals surface area contributed by atoms with E-state index in [2.05, 4.69) is 4.99 Å². The summed E-state index contributed by atoms with van der Waals surface area (Å²) in [6.07, 6.45) is 0. The Morgan fingerprint density at radius 1 is 1.23 bits per heavy atom. The summed E-state index contributed by atoms with van der Waals surface area (Å²) in [4.78, 5) is 19.2. The molecule has 0 N–H and O–H groups in total. The molecular weight excluding hydrogens is 316 g/mol. The van der Waals surface area contributed by atoms with Gasteiger partial charge in [-0.2, -0.15) is 4.99 Å². The van der Waals surface area contributed by atoms with Gasteiger partial charge < -0.3 is 9.30 Å². The Morgan fingerprint density at radius 3 is 2.77 bits per heavy atom. The predicted molar refractivity (Wildman–Crippen MR) is 90.6 cm³/mol. The van der Waals surface area contributed by atoms with Crippen molar-refractivity contribution in [2.45, 2.75) is 13.5 Å². The van der Waals surface area contributed by atoms with Crippen LogP contribution in [0.15, 0.2) is 41.4 Å². The number of fused-ring (bicyclic) bond motifs is 1. The van der Waals surface area contributed by atoms with Crippen LogP contribution in [-0.2, 0) is 11.3 Å². The molecule has 0 saturated carbocycles. The summed E-state index contributed by atoms with van der Waals surface area (Å²) in [5.74, 6) is -0.184. The van der Waals surface area contributed by atoms with E-state index in [1.165, 1.54) is 22.7 Å². The fraction of sp³-hybridized carbons (Fsp3) is 0.250. The number of carbonyl (C=O) groups excluding carboxylic acids is 1. The number of nitrogens with zero attached hydrogens (tertiary/aromatic N) is 2. The minimum atomic E-state index is -0.184. The molecule has 0 aliphatic heterocycles. The number of amides is 1. The lowest BCUT2D eigenvalue weighted by Crippen LogP contribution is -2.19. The standard InChI is InChI=1S/C16H16N2O2S2/c1-11-7-8-14(21-11)15(19)17-16-18(9-10-20-2)12-5-3-4-6-13(12)22-16/h3-8H,9-10H2,1-2H3/b17-16-. The van der Waals surface area contributed by atoms with Crippen molar-refractivity contribution in [3.63, 3.8) is 0 Å². The van der Waals surface area contributed by atoms with Crippen molar-refractivity contribution in [3.8, 4) is 0 Å². The number of aromatic nitrogens is 1. The lowest BCUT2D eigenvalue weighted by molar-refractivity contribution is 0.100. The first-order valence-corrected chi connectivity index (χ1v) is 8.55. The molecule has 1 aromatic carbocycles. The van der Waals surface area contributed by atoms with Gasteiger partial charge in [0.05, 0.1) is 21.7 Å². The second kappa shape index (κ2) is 6.56. The van der Waals surface area contributed by atoms with Gasteiger partial charge in [-0.25, -0.2) is 0 Å². The van der Waals surface area contributed by atoms with Gasteiger partial charge >= 0.3 is 0 Å². The highest BCUT2D eigenvalue weighted by Gasteiger charge is 2.10. The van der Waals surface area contributed by atoms with E-state index >= 15 is 0 Å². The summed E-state index contributed by atoms with van der Waals surface area (Å²) in [6, 6.07) is 11.8. The van der Waals surface area contributed by atoms with Crippen LogP contribution in [0.3, 0.4) is 0 Å². The van der Waals surface area contributed by atoms with Gasteiger partial charge in [-0.05, 0) is 31.2 Å². The van der Waals surface area contributed by atoms with E-state index in [0.29, 0.717) is 22.8 Å². The topological polar surface area (TPSA) is 43.6 Å². The third-order valence-electron chi connectivity index (χ3n) is 3.26. The van der Waals surface area contributed by atoms with Crippen LogP contribution >= 0.6 is 22.7 Å². The van der Waals surface area contributed by atoms with Crippen molar-refractivity contribution < 1.29 is 9.53 Å². The molecule has 2 heterocycles. The molecule has 0 aliphatic rings. The van der Waals surface area contributed by atoms with E-state index in [1.54, 1.807) is 7.11 Å². The van der Waals surface area contributed by atoms with Gasteiger partial charge in [0.2, 0.25) is 0 Å². The lowest BCUT2D eigenvalue weighted by atomic mass is 10.3. The van der Waals surface area contributed by atoms with Crippen molar-refractivity contribution in [3.05, 3.63) is 51.0 Å². The number of rotatable bonds is 4. The number of benzene rings is 1. The molecular formula is C16H16N2O2S2. The van der Waals surface area contributed by atoms with Crippen molar-refractivity contribution in [2.24, 2.45) is 4.99 Å². The number of thiophene rings is 1. The minimum absolute atomic E-state index is 0.184. The molecule has 22 heavy (non-hydrogen) atoms. The third-order valence-corrected chi connectivity index (χ3v) is 5.30. The molecule has 3 aromatic rings. The van der Waals surface area contributed by atoms with Gasteiger partial charge in [0, 0.05) is 18.5 Å². The summed E-state index contributed by atoms with van der Waals surface area (Å²) in [7, 11) is 1.67. The monoisotopic (exact) mass is 332 g/mol. The number of aryl methyl sites for hydroxylation is 1. The van der Waals surface area contributed by atoms with Crippen LogP contribution in [0, 0.1) is 6.92 Å². The molecule has 1 amide bonds. The summed E-state index contributed by atoms with van der Waals surface area (Å²) < 4.78 is 8.33. The second-order valence-corrected chi connectivity index (χ2v) is 7.12. The zero-order valence-corrected chi connectivity index (χ0v) is 14.0. The van der Waals surface area contributed by atoms with E-state index < -0.39 is 0 Å². The molecule has 3 rings (SSSR count). The van der Waals surface area contributed by atoms with Crippen molar-refractivity contribution >= 4 is 38.8 Å². The Balaban J connectivity index is 2.08. The van der Waals surface area contributed by atoms with E-state index in [1.807, 2.05) is 47.9 Å². The Bertz CT molecular complexity index is 874. The predicted octanol–water partition coefficient (Wildman–Crippen LogP) is 3.46. The Kier molecular flexibility index (Phi) is 4.52. The van der Waals surface area contributed by atoms with Crippen molar-refractivity contribution in [1.29, 1.82) is 0 Å². The normalized spacial score (nSPS) is 12.2. The van der Waals surface area contributed by atoms with E-state index in [0.717, 1.165) is 15.1 Å². The first kappa shape index (κ1) is 15.1. The molecule has 0 radical (unpaired) electrons. The van der Waals surface area contributed by atoms with Crippen LogP contribution in [0.25, 0.3) is 10.2 Å². The molecule has 0 unspecified atom stereocenters. The molecule has 0 bridgehead atoms. The summed E-state index contributed by atoms with van der Waals surface area (Å²) >= 11 is 3.00. The first-order valence-electron chi connectivity index (χ1n) is 6.92. The Hall–Kier alpha value is -1.76. The number of thiazole rings is 1. The van der Waals surface area contributed by atoms with Crippen molar-refractivity contribution in [2.75, 3.05) is 13.7 Å². The maximum absolute atomic E-state index is 12.3. The zero-order valence-electron chi connectivity index (χ0n) is 12.4. The molecule has 114 valence electrons. The highest BCUT2D eigenvalue weighted by molar-refractivity contribution is 7.16. The molecule has 6 heteroatoms. The number of carbonyl (C=O) groups is 1. The smallest absolute Gasteiger partial charge is 0.289 e.